The number of nitrogens with one attached hydrogen (secondary N) is 1. The average molecular weight is 323 g/mol. The van der Waals surface area contributed by atoms with E-state index in [4.69, 9.17) is 0 Å². The Morgan fingerprint density at radius 1 is 1.21 bits per heavy atom. The molecule has 0 radical (unpaired) electrons. The van der Waals surface area contributed by atoms with Gasteiger partial charge >= 0.3 is 0 Å². The molecule has 0 fully saturated rings. The number of amides is 1. The Balaban J connectivity index is 1.60. The molecule has 0 saturated carbocycles. The summed E-state index contributed by atoms with van der Waals surface area (Å²) in [5.74, 6) is 0.337. The standard InChI is InChI=1S/C16H13N5O3/c22-16(9-6-12-4-7-13(8-5-12)21(23)24)17-11-15-19-18-14-3-1-2-10-20(14)15/h1-10H,11H2,(H,17,22)/b9-6+. The topological polar surface area (TPSA) is 102 Å². The van der Waals surface area contributed by atoms with Gasteiger partial charge in [0.25, 0.3) is 5.69 Å². The zero-order valence-corrected chi connectivity index (χ0v) is 12.5. The predicted molar refractivity (Wildman–Crippen MR) is 87.0 cm³/mol. The van der Waals surface area contributed by atoms with Crippen LogP contribution >= 0.6 is 0 Å². The minimum absolute atomic E-state index is 0.00952. The largest absolute Gasteiger partial charge is 0.345 e. The molecule has 8 nitrogen and oxygen atoms in total. The number of hydrogen-bond acceptors (Lipinski definition) is 5. The third-order valence-electron chi connectivity index (χ3n) is 3.34. The van der Waals surface area contributed by atoms with E-state index in [1.165, 1.54) is 18.2 Å². The Kier molecular flexibility index (Phi) is 4.28. The number of hydrogen-bond donors (Lipinski definition) is 1. The molecular formula is C16H13N5O3. The van der Waals surface area contributed by atoms with Gasteiger partial charge in [-0.1, -0.05) is 6.07 Å². The molecule has 0 aliphatic rings. The molecular weight excluding hydrogens is 310 g/mol. The second-order valence-electron chi connectivity index (χ2n) is 4.94. The Morgan fingerprint density at radius 3 is 2.75 bits per heavy atom. The molecule has 0 saturated heterocycles. The van der Waals surface area contributed by atoms with Crippen LogP contribution in [0.3, 0.4) is 0 Å². The average Bonchev–Trinajstić information content (AvgIpc) is 3.01. The molecule has 1 N–H and O–H groups in total. The van der Waals surface area contributed by atoms with Crippen molar-refractivity contribution in [3.63, 3.8) is 0 Å². The maximum Gasteiger partial charge on any atom is 0.269 e. The number of carbonyl (C=O) groups excluding carboxylic acids is 1. The van der Waals surface area contributed by atoms with E-state index in [-0.39, 0.29) is 18.1 Å². The van der Waals surface area contributed by atoms with E-state index in [2.05, 4.69) is 15.5 Å². The predicted octanol–water partition coefficient (Wildman–Crippen LogP) is 1.97. The molecule has 0 aliphatic carbocycles. The van der Waals surface area contributed by atoms with Gasteiger partial charge in [-0.3, -0.25) is 19.3 Å². The molecule has 3 rings (SSSR count). The number of rotatable bonds is 5. The minimum Gasteiger partial charge on any atom is -0.345 e. The van der Waals surface area contributed by atoms with E-state index in [0.717, 1.165) is 0 Å². The molecule has 24 heavy (non-hydrogen) atoms. The maximum absolute atomic E-state index is 11.9. The second kappa shape index (κ2) is 6.69. The Labute approximate surface area is 136 Å². The van der Waals surface area contributed by atoms with Crippen LogP contribution in [0.1, 0.15) is 11.4 Å². The normalized spacial score (nSPS) is 11.0. The molecule has 0 unspecified atom stereocenters. The van der Waals surface area contributed by atoms with Gasteiger partial charge in [-0.25, -0.2) is 0 Å². The van der Waals surface area contributed by atoms with Gasteiger partial charge < -0.3 is 5.32 Å². The van der Waals surface area contributed by atoms with Crippen LogP contribution in [0.2, 0.25) is 0 Å². The number of pyridine rings is 1. The lowest BCUT2D eigenvalue weighted by molar-refractivity contribution is -0.384. The molecule has 0 aliphatic heterocycles. The lowest BCUT2D eigenvalue weighted by atomic mass is 10.2. The second-order valence-corrected chi connectivity index (χ2v) is 4.94. The minimum atomic E-state index is -0.469. The third kappa shape index (κ3) is 3.43. The van der Waals surface area contributed by atoms with Gasteiger partial charge in [0.2, 0.25) is 5.91 Å². The molecule has 2 heterocycles. The summed E-state index contributed by atoms with van der Waals surface area (Å²) < 4.78 is 1.79. The first-order chi connectivity index (χ1) is 11.6. The van der Waals surface area contributed by atoms with Gasteiger partial charge in [-0.2, -0.15) is 0 Å². The molecule has 2 aromatic heterocycles. The Hall–Kier alpha value is -3.55. The van der Waals surface area contributed by atoms with Gasteiger partial charge in [0.15, 0.2) is 11.5 Å². The fraction of sp³-hybridized carbons (Fsp3) is 0.0625. The number of aromatic nitrogens is 3. The van der Waals surface area contributed by atoms with E-state index in [9.17, 15) is 14.9 Å². The van der Waals surface area contributed by atoms with Crippen LogP contribution in [0.25, 0.3) is 11.7 Å². The number of nitro groups is 1. The lowest BCUT2D eigenvalue weighted by Crippen LogP contribution is -2.21. The molecule has 0 bridgehead atoms. The van der Waals surface area contributed by atoms with E-state index in [1.54, 1.807) is 22.6 Å². The van der Waals surface area contributed by atoms with Crippen LogP contribution in [0.15, 0.2) is 54.7 Å². The third-order valence-corrected chi connectivity index (χ3v) is 3.34. The van der Waals surface area contributed by atoms with Crippen molar-refractivity contribution in [1.82, 2.24) is 19.9 Å². The van der Waals surface area contributed by atoms with Crippen molar-refractivity contribution in [2.75, 3.05) is 0 Å². The lowest BCUT2D eigenvalue weighted by Gasteiger charge is -2.01. The number of fused-ring (bicyclic) bond motifs is 1. The van der Waals surface area contributed by atoms with Crippen LogP contribution < -0.4 is 5.32 Å². The highest BCUT2D eigenvalue weighted by molar-refractivity contribution is 5.91. The molecule has 0 atom stereocenters. The van der Waals surface area contributed by atoms with E-state index in [1.807, 2.05) is 24.4 Å². The van der Waals surface area contributed by atoms with Gasteiger partial charge in [0, 0.05) is 24.4 Å². The quantitative estimate of drug-likeness (QED) is 0.439. The molecule has 120 valence electrons. The number of nitro benzene ring substituents is 1. The van der Waals surface area contributed by atoms with Crippen LogP contribution in [-0.4, -0.2) is 25.4 Å². The first-order valence-electron chi connectivity index (χ1n) is 7.12. The molecule has 3 aromatic rings. The fourth-order valence-corrected chi connectivity index (χ4v) is 2.12. The van der Waals surface area contributed by atoms with Crippen molar-refractivity contribution >= 4 is 23.3 Å². The van der Waals surface area contributed by atoms with Crippen molar-refractivity contribution in [2.45, 2.75) is 6.54 Å². The molecule has 8 heteroatoms. The molecule has 1 aromatic carbocycles. The van der Waals surface area contributed by atoms with Crippen molar-refractivity contribution in [2.24, 2.45) is 0 Å². The highest BCUT2D eigenvalue weighted by atomic mass is 16.6. The van der Waals surface area contributed by atoms with E-state index in [0.29, 0.717) is 17.0 Å². The Morgan fingerprint density at radius 2 is 2.00 bits per heavy atom. The van der Waals surface area contributed by atoms with Crippen LogP contribution in [0.4, 0.5) is 5.69 Å². The summed E-state index contributed by atoms with van der Waals surface area (Å²) in [7, 11) is 0. The zero-order valence-electron chi connectivity index (χ0n) is 12.5. The van der Waals surface area contributed by atoms with Crippen molar-refractivity contribution < 1.29 is 9.72 Å². The molecule has 1 amide bonds. The first kappa shape index (κ1) is 15.3. The van der Waals surface area contributed by atoms with Crippen molar-refractivity contribution in [3.8, 4) is 0 Å². The van der Waals surface area contributed by atoms with E-state index >= 15 is 0 Å². The number of carbonyl (C=O) groups is 1. The number of benzene rings is 1. The summed E-state index contributed by atoms with van der Waals surface area (Å²) in [6.07, 6.45) is 4.77. The van der Waals surface area contributed by atoms with Gasteiger partial charge in [0.1, 0.15) is 0 Å². The van der Waals surface area contributed by atoms with Crippen molar-refractivity contribution in [1.29, 1.82) is 0 Å². The first-order valence-corrected chi connectivity index (χ1v) is 7.12. The van der Waals surface area contributed by atoms with E-state index < -0.39 is 4.92 Å². The number of nitrogens with zero attached hydrogens (tertiary/aromatic N) is 4. The van der Waals surface area contributed by atoms with Gasteiger partial charge in [0.05, 0.1) is 11.5 Å². The summed E-state index contributed by atoms with van der Waals surface area (Å²) in [5, 5.41) is 21.3. The summed E-state index contributed by atoms with van der Waals surface area (Å²) in [4.78, 5) is 22.0. The van der Waals surface area contributed by atoms with Crippen molar-refractivity contribution in [3.05, 3.63) is 76.2 Å². The van der Waals surface area contributed by atoms with Crippen LogP contribution in [0.5, 0.6) is 0 Å². The molecule has 0 spiro atoms. The maximum atomic E-state index is 11.9. The zero-order chi connectivity index (χ0) is 16.9. The Bertz CT molecular complexity index is 915. The highest BCUT2D eigenvalue weighted by Crippen LogP contribution is 2.12. The van der Waals surface area contributed by atoms with Crippen LogP contribution in [-0.2, 0) is 11.3 Å². The van der Waals surface area contributed by atoms with Crippen LogP contribution in [0, 0.1) is 10.1 Å². The van der Waals surface area contributed by atoms with Gasteiger partial charge in [-0.05, 0) is 35.9 Å². The summed E-state index contributed by atoms with van der Waals surface area (Å²) in [5.41, 5.74) is 1.42. The summed E-state index contributed by atoms with van der Waals surface area (Å²) in [6, 6.07) is 11.5. The fourth-order valence-electron chi connectivity index (χ4n) is 2.12. The smallest absolute Gasteiger partial charge is 0.269 e. The number of non-ortho nitro benzene ring substituents is 1. The SMILES string of the molecule is O=C(/C=C/c1ccc([N+](=O)[O-])cc1)NCc1nnc2ccccn12. The monoisotopic (exact) mass is 323 g/mol. The summed E-state index contributed by atoms with van der Waals surface area (Å²) in [6.45, 7) is 0.245. The highest BCUT2D eigenvalue weighted by Gasteiger charge is 2.05. The summed E-state index contributed by atoms with van der Waals surface area (Å²) >= 11 is 0. The van der Waals surface area contributed by atoms with Gasteiger partial charge in [-0.15, -0.1) is 10.2 Å².